The standard InChI is InChI=1S/C24H30N4O4/c29-21(17-27-11-14-30-15-12-27)18-32-24(8-1-2-13-31-24)28-23(7-10-26-28)20-6-5-19-4-3-9-25-22(19)16-20/h3-7,9-10,16,21,29H,1-2,8,11-15,17-18H2. The van der Waals surface area contributed by atoms with E-state index in [1.165, 1.54) is 0 Å². The summed E-state index contributed by atoms with van der Waals surface area (Å²) in [5.41, 5.74) is 2.83. The van der Waals surface area contributed by atoms with Crippen molar-refractivity contribution in [3.63, 3.8) is 0 Å². The number of aromatic nitrogens is 3. The van der Waals surface area contributed by atoms with Crippen LogP contribution in [0.25, 0.3) is 22.2 Å². The van der Waals surface area contributed by atoms with E-state index < -0.39 is 12.0 Å². The molecule has 5 rings (SSSR count). The lowest BCUT2D eigenvalue weighted by Crippen LogP contribution is -2.47. The maximum atomic E-state index is 10.6. The second-order valence-electron chi connectivity index (χ2n) is 8.44. The maximum absolute atomic E-state index is 10.6. The Morgan fingerprint density at radius 1 is 1.09 bits per heavy atom. The second kappa shape index (κ2) is 9.64. The lowest BCUT2D eigenvalue weighted by atomic mass is 10.1. The van der Waals surface area contributed by atoms with Gasteiger partial charge in [-0.2, -0.15) is 5.10 Å². The fourth-order valence-corrected chi connectivity index (χ4v) is 4.48. The zero-order valence-corrected chi connectivity index (χ0v) is 18.2. The summed E-state index contributed by atoms with van der Waals surface area (Å²) in [7, 11) is 0. The van der Waals surface area contributed by atoms with Crippen LogP contribution in [0.5, 0.6) is 0 Å². The molecular formula is C24H30N4O4. The Morgan fingerprint density at radius 2 is 2.00 bits per heavy atom. The average molecular weight is 439 g/mol. The molecule has 0 saturated carbocycles. The summed E-state index contributed by atoms with van der Waals surface area (Å²) in [4.78, 5) is 6.69. The van der Waals surface area contributed by atoms with E-state index >= 15 is 0 Å². The fourth-order valence-electron chi connectivity index (χ4n) is 4.48. The Kier molecular flexibility index (Phi) is 6.47. The molecular weight excluding hydrogens is 408 g/mol. The van der Waals surface area contributed by atoms with Crippen molar-refractivity contribution in [2.75, 3.05) is 46.1 Å². The van der Waals surface area contributed by atoms with Gasteiger partial charge < -0.3 is 19.3 Å². The molecule has 32 heavy (non-hydrogen) atoms. The predicted octanol–water partition coefficient (Wildman–Crippen LogP) is 2.62. The van der Waals surface area contributed by atoms with Gasteiger partial charge in [0.2, 0.25) is 0 Å². The van der Waals surface area contributed by atoms with E-state index in [1.54, 1.807) is 12.4 Å². The molecule has 0 aliphatic carbocycles. The number of β-amino-alcohol motifs (C(OH)–C–C–N with tert-alkyl or cyclic N) is 1. The molecule has 3 aromatic rings. The van der Waals surface area contributed by atoms with Gasteiger partial charge in [-0.15, -0.1) is 0 Å². The van der Waals surface area contributed by atoms with E-state index in [9.17, 15) is 5.11 Å². The van der Waals surface area contributed by atoms with Crippen LogP contribution in [0, 0.1) is 0 Å². The highest BCUT2D eigenvalue weighted by atomic mass is 16.7. The fraction of sp³-hybridized carbons (Fsp3) is 0.500. The lowest BCUT2D eigenvalue weighted by molar-refractivity contribution is -0.322. The van der Waals surface area contributed by atoms with Gasteiger partial charge in [-0.3, -0.25) is 9.88 Å². The van der Waals surface area contributed by atoms with Crippen LogP contribution in [-0.4, -0.2) is 76.9 Å². The minimum atomic E-state index is -1.03. The topological polar surface area (TPSA) is 81.9 Å². The summed E-state index contributed by atoms with van der Waals surface area (Å²) in [6.45, 7) is 4.40. The molecule has 1 aromatic carbocycles. The van der Waals surface area contributed by atoms with E-state index in [0.29, 0.717) is 32.8 Å². The Morgan fingerprint density at radius 3 is 2.84 bits per heavy atom. The molecule has 2 unspecified atom stereocenters. The van der Waals surface area contributed by atoms with Gasteiger partial charge in [0.15, 0.2) is 0 Å². The van der Waals surface area contributed by atoms with Gasteiger partial charge in [0.1, 0.15) is 0 Å². The summed E-state index contributed by atoms with van der Waals surface area (Å²) < 4.78 is 19.8. The number of hydrogen-bond donors (Lipinski definition) is 1. The SMILES string of the molecule is OC(COC1(n2nccc2-c2ccc3cccnc3c2)CCCCO1)CN1CCOCC1. The Labute approximate surface area is 187 Å². The summed E-state index contributed by atoms with van der Waals surface area (Å²) in [5, 5.41) is 16.3. The van der Waals surface area contributed by atoms with Crippen LogP contribution in [0.15, 0.2) is 48.8 Å². The van der Waals surface area contributed by atoms with Crippen molar-refractivity contribution in [3.8, 4) is 11.3 Å². The molecule has 0 amide bonds. The maximum Gasteiger partial charge on any atom is 0.271 e. The minimum absolute atomic E-state index is 0.177. The number of benzene rings is 1. The molecule has 1 N–H and O–H groups in total. The monoisotopic (exact) mass is 438 g/mol. The van der Waals surface area contributed by atoms with Gasteiger partial charge in [0.05, 0.1) is 43.7 Å². The molecule has 2 aromatic heterocycles. The molecule has 2 aliphatic heterocycles. The van der Waals surface area contributed by atoms with Crippen LogP contribution in [0.1, 0.15) is 19.3 Å². The molecule has 2 aliphatic rings. The summed E-state index contributed by atoms with van der Waals surface area (Å²) in [6.07, 6.45) is 5.59. The van der Waals surface area contributed by atoms with Crippen molar-refractivity contribution in [1.82, 2.24) is 19.7 Å². The Bertz CT molecular complexity index is 1030. The number of aliphatic hydroxyl groups is 1. The average Bonchev–Trinajstić information content (AvgIpc) is 3.35. The Balaban J connectivity index is 1.38. The molecule has 8 heteroatoms. The summed E-state index contributed by atoms with van der Waals surface area (Å²) in [6, 6.07) is 12.2. The van der Waals surface area contributed by atoms with Gasteiger partial charge >= 0.3 is 0 Å². The number of nitrogens with zero attached hydrogens (tertiary/aromatic N) is 4. The van der Waals surface area contributed by atoms with Crippen molar-refractivity contribution < 1.29 is 19.3 Å². The second-order valence-corrected chi connectivity index (χ2v) is 8.44. The smallest absolute Gasteiger partial charge is 0.271 e. The minimum Gasteiger partial charge on any atom is -0.389 e. The van der Waals surface area contributed by atoms with E-state index in [2.05, 4.69) is 33.2 Å². The van der Waals surface area contributed by atoms with Crippen molar-refractivity contribution in [1.29, 1.82) is 0 Å². The summed E-state index contributed by atoms with van der Waals surface area (Å²) in [5.74, 6) is -1.03. The molecule has 4 heterocycles. The first-order valence-electron chi connectivity index (χ1n) is 11.4. The number of morpholine rings is 1. The zero-order chi connectivity index (χ0) is 21.8. The predicted molar refractivity (Wildman–Crippen MR) is 120 cm³/mol. The van der Waals surface area contributed by atoms with Gasteiger partial charge in [-0.25, -0.2) is 4.68 Å². The number of rotatable bonds is 7. The van der Waals surface area contributed by atoms with Crippen LogP contribution in [0.3, 0.4) is 0 Å². The highest BCUT2D eigenvalue weighted by Gasteiger charge is 2.40. The molecule has 8 nitrogen and oxygen atoms in total. The third-order valence-corrected chi connectivity index (χ3v) is 6.16. The third kappa shape index (κ3) is 4.55. The molecule has 0 radical (unpaired) electrons. The van der Waals surface area contributed by atoms with Gasteiger partial charge in [0.25, 0.3) is 5.91 Å². The highest BCUT2D eigenvalue weighted by Crippen LogP contribution is 2.35. The normalized spacial score (nSPS) is 23.4. The number of pyridine rings is 1. The zero-order valence-electron chi connectivity index (χ0n) is 18.2. The van der Waals surface area contributed by atoms with Gasteiger partial charge in [-0.05, 0) is 31.0 Å². The van der Waals surface area contributed by atoms with Gasteiger partial charge in [0, 0.05) is 49.4 Å². The van der Waals surface area contributed by atoms with E-state index in [-0.39, 0.29) is 6.61 Å². The quantitative estimate of drug-likeness (QED) is 0.607. The molecule has 2 fully saturated rings. The van der Waals surface area contributed by atoms with E-state index in [1.807, 2.05) is 22.9 Å². The molecule has 2 atom stereocenters. The van der Waals surface area contributed by atoms with Crippen molar-refractivity contribution in [3.05, 3.63) is 48.8 Å². The first-order valence-corrected chi connectivity index (χ1v) is 11.4. The molecule has 2 saturated heterocycles. The first-order chi connectivity index (χ1) is 15.7. The number of hydrogen-bond acceptors (Lipinski definition) is 7. The molecule has 170 valence electrons. The van der Waals surface area contributed by atoms with Crippen LogP contribution < -0.4 is 0 Å². The summed E-state index contributed by atoms with van der Waals surface area (Å²) >= 11 is 0. The Hall–Kier alpha value is -2.36. The first kappa shape index (κ1) is 21.5. The number of aliphatic hydroxyl groups excluding tert-OH is 1. The van der Waals surface area contributed by atoms with E-state index in [0.717, 1.165) is 48.1 Å². The molecule has 0 spiro atoms. The highest BCUT2D eigenvalue weighted by molar-refractivity contribution is 5.83. The van der Waals surface area contributed by atoms with Crippen LogP contribution in [0.2, 0.25) is 0 Å². The van der Waals surface area contributed by atoms with Crippen molar-refractivity contribution >= 4 is 10.9 Å². The van der Waals surface area contributed by atoms with E-state index in [4.69, 9.17) is 14.2 Å². The largest absolute Gasteiger partial charge is 0.389 e. The van der Waals surface area contributed by atoms with Crippen LogP contribution >= 0.6 is 0 Å². The van der Waals surface area contributed by atoms with Gasteiger partial charge in [-0.1, -0.05) is 18.2 Å². The van der Waals surface area contributed by atoms with Crippen molar-refractivity contribution in [2.45, 2.75) is 31.3 Å². The third-order valence-electron chi connectivity index (χ3n) is 6.16. The molecule has 0 bridgehead atoms. The van der Waals surface area contributed by atoms with Crippen LogP contribution in [0.4, 0.5) is 0 Å². The lowest BCUT2D eigenvalue weighted by Gasteiger charge is -2.38. The van der Waals surface area contributed by atoms with Crippen molar-refractivity contribution in [2.24, 2.45) is 0 Å². The van der Waals surface area contributed by atoms with Crippen LogP contribution in [-0.2, 0) is 20.1 Å². The number of ether oxygens (including phenoxy) is 3. The number of fused-ring (bicyclic) bond motifs is 1.